The van der Waals surface area contributed by atoms with Crippen molar-refractivity contribution in [3.8, 4) is 11.5 Å². The summed E-state index contributed by atoms with van der Waals surface area (Å²) in [5, 5.41) is 10.5. The molecule has 1 N–H and O–H groups in total. The van der Waals surface area contributed by atoms with E-state index >= 15 is 0 Å². The van der Waals surface area contributed by atoms with E-state index in [0.29, 0.717) is 27.0 Å². The molecule has 1 aromatic heterocycles. The number of fused-ring (bicyclic) bond motifs is 1. The van der Waals surface area contributed by atoms with Gasteiger partial charge in [-0.25, -0.2) is 4.98 Å². The Balaban J connectivity index is 2.10. The van der Waals surface area contributed by atoms with Gasteiger partial charge in [-0.05, 0) is 42.8 Å². The number of hydrogen-bond acceptors (Lipinski definition) is 3. The van der Waals surface area contributed by atoms with E-state index in [1.54, 1.807) is 31.2 Å². The van der Waals surface area contributed by atoms with E-state index in [-0.39, 0.29) is 0 Å². The highest BCUT2D eigenvalue weighted by molar-refractivity contribution is 6.42. The summed E-state index contributed by atoms with van der Waals surface area (Å²) in [7, 11) is 0. The lowest BCUT2D eigenvalue weighted by Gasteiger charge is -2.01. The van der Waals surface area contributed by atoms with Crippen molar-refractivity contribution >= 4 is 34.3 Å². The molecular formula is C15H11Cl2NO2. The van der Waals surface area contributed by atoms with Crippen LogP contribution in [0.2, 0.25) is 10.0 Å². The molecule has 1 atom stereocenters. The highest BCUT2D eigenvalue weighted by atomic mass is 35.5. The minimum Gasteiger partial charge on any atom is -0.436 e. The van der Waals surface area contributed by atoms with Crippen molar-refractivity contribution < 1.29 is 9.52 Å². The summed E-state index contributed by atoms with van der Waals surface area (Å²) in [4.78, 5) is 4.42. The molecule has 0 aliphatic heterocycles. The molecule has 0 amide bonds. The Morgan fingerprint density at radius 1 is 1.10 bits per heavy atom. The molecule has 3 aromatic rings. The molecule has 0 aliphatic rings. The van der Waals surface area contributed by atoms with Gasteiger partial charge < -0.3 is 9.52 Å². The van der Waals surface area contributed by atoms with Gasteiger partial charge in [-0.1, -0.05) is 29.3 Å². The fraction of sp³-hybridized carbons (Fsp3) is 0.133. The zero-order chi connectivity index (χ0) is 14.3. The molecule has 0 bridgehead atoms. The van der Waals surface area contributed by atoms with E-state index in [0.717, 1.165) is 11.1 Å². The average molecular weight is 308 g/mol. The maximum absolute atomic E-state index is 9.58. The molecule has 102 valence electrons. The molecule has 1 heterocycles. The van der Waals surface area contributed by atoms with Crippen molar-refractivity contribution in [2.24, 2.45) is 0 Å². The number of oxazole rings is 1. The van der Waals surface area contributed by atoms with E-state index in [1.165, 1.54) is 0 Å². The predicted molar refractivity (Wildman–Crippen MR) is 80.1 cm³/mol. The van der Waals surface area contributed by atoms with E-state index < -0.39 is 6.10 Å². The SMILES string of the molecule is CC(O)c1ccc2oc(-c3ccc(Cl)c(Cl)c3)nc2c1. The first kappa shape index (κ1) is 13.4. The summed E-state index contributed by atoms with van der Waals surface area (Å²) < 4.78 is 5.69. The molecule has 2 aromatic carbocycles. The molecule has 0 saturated carbocycles. The standard InChI is InChI=1S/C15H11Cl2NO2/c1-8(19)9-3-5-14-13(7-9)18-15(20-14)10-2-4-11(16)12(17)6-10/h2-8,19H,1H3. The number of aromatic nitrogens is 1. The monoisotopic (exact) mass is 307 g/mol. The maximum atomic E-state index is 9.58. The number of nitrogens with zero attached hydrogens (tertiary/aromatic N) is 1. The Bertz CT molecular complexity index is 781. The zero-order valence-corrected chi connectivity index (χ0v) is 12.1. The average Bonchev–Trinajstić information content (AvgIpc) is 2.84. The van der Waals surface area contributed by atoms with Crippen LogP contribution in [-0.4, -0.2) is 10.1 Å². The number of halogens is 2. The molecule has 0 spiro atoms. The van der Waals surface area contributed by atoms with Gasteiger partial charge in [0.25, 0.3) is 0 Å². The van der Waals surface area contributed by atoms with Gasteiger partial charge in [-0.3, -0.25) is 0 Å². The summed E-state index contributed by atoms with van der Waals surface area (Å²) in [6.07, 6.45) is -0.537. The number of aliphatic hydroxyl groups excluding tert-OH is 1. The molecule has 0 fully saturated rings. The second-order valence-corrected chi connectivity index (χ2v) is 5.37. The third-order valence-electron chi connectivity index (χ3n) is 3.06. The normalized spacial score (nSPS) is 12.8. The first-order chi connectivity index (χ1) is 9.54. The van der Waals surface area contributed by atoms with Crippen LogP contribution < -0.4 is 0 Å². The van der Waals surface area contributed by atoms with Crippen LogP contribution in [0.4, 0.5) is 0 Å². The van der Waals surface area contributed by atoms with Crippen LogP contribution in [0.25, 0.3) is 22.6 Å². The molecule has 3 nitrogen and oxygen atoms in total. The summed E-state index contributed by atoms with van der Waals surface area (Å²) >= 11 is 11.9. The first-order valence-corrected chi connectivity index (χ1v) is 6.84. The van der Waals surface area contributed by atoms with Gasteiger partial charge >= 0.3 is 0 Å². The first-order valence-electron chi connectivity index (χ1n) is 6.08. The van der Waals surface area contributed by atoms with Crippen molar-refractivity contribution in [3.63, 3.8) is 0 Å². The maximum Gasteiger partial charge on any atom is 0.227 e. The van der Waals surface area contributed by atoms with Gasteiger partial charge in [0.05, 0.1) is 16.1 Å². The third kappa shape index (κ3) is 2.40. The summed E-state index contributed by atoms with van der Waals surface area (Å²) in [6.45, 7) is 1.71. The summed E-state index contributed by atoms with van der Waals surface area (Å²) in [5.74, 6) is 0.473. The van der Waals surface area contributed by atoms with Gasteiger partial charge in [-0.2, -0.15) is 0 Å². The lowest BCUT2D eigenvalue weighted by Crippen LogP contribution is -1.89. The quantitative estimate of drug-likeness (QED) is 0.735. The van der Waals surface area contributed by atoms with Crippen LogP contribution in [0.5, 0.6) is 0 Å². The van der Waals surface area contributed by atoms with Gasteiger partial charge in [0.2, 0.25) is 5.89 Å². The number of rotatable bonds is 2. The third-order valence-corrected chi connectivity index (χ3v) is 3.80. The van der Waals surface area contributed by atoms with Crippen LogP contribution in [0.1, 0.15) is 18.6 Å². The van der Waals surface area contributed by atoms with Gasteiger partial charge in [0.1, 0.15) is 5.52 Å². The molecule has 3 rings (SSSR count). The fourth-order valence-electron chi connectivity index (χ4n) is 1.96. The molecular weight excluding hydrogens is 297 g/mol. The van der Waals surface area contributed by atoms with Crippen molar-refractivity contribution in [2.75, 3.05) is 0 Å². The molecule has 5 heteroatoms. The Morgan fingerprint density at radius 2 is 1.90 bits per heavy atom. The molecule has 0 saturated heterocycles. The second-order valence-electron chi connectivity index (χ2n) is 4.55. The molecule has 1 unspecified atom stereocenters. The highest BCUT2D eigenvalue weighted by Gasteiger charge is 2.11. The Labute approximate surface area is 125 Å². The smallest absolute Gasteiger partial charge is 0.227 e. The van der Waals surface area contributed by atoms with Gasteiger partial charge in [-0.15, -0.1) is 0 Å². The fourth-order valence-corrected chi connectivity index (χ4v) is 2.26. The molecule has 0 aliphatic carbocycles. The van der Waals surface area contributed by atoms with E-state index in [4.69, 9.17) is 27.6 Å². The number of hydrogen-bond donors (Lipinski definition) is 1. The summed E-state index contributed by atoms with van der Waals surface area (Å²) in [5.41, 5.74) is 2.92. The molecule has 0 radical (unpaired) electrons. The number of benzene rings is 2. The predicted octanol–water partition coefficient (Wildman–Crippen LogP) is 4.85. The Morgan fingerprint density at radius 3 is 2.60 bits per heavy atom. The van der Waals surface area contributed by atoms with Crippen molar-refractivity contribution in [3.05, 3.63) is 52.0 Å². The minimum absolute atomic E-state index is 0.455. The second kappa shape index (κ2) is 5.09. The van der Waals surface area contributed by atoms with Gasteiger partial charge in [0, 0.05) is 5.56 Å². The summed E-state index contributed by atoms with van der Waals surface area (Å²) in [6, 6.07) is 10.6. The van der Waals surface area contributed by atoms with Crippen LogP contribution in [-0.2, 0) is 0 Å². The van der Waals surface area contributed by atoms with Gasteiger partial charge in [0.15, 0.2) is 5.58 Å². The molecule has 20 heavy (non-hydrogen) atoms. The van der Waals surface area contributed by atoms with E-state index in [1.807, 2.05) is 12.1 Å². The van der Waals surface area contributed by atoms with Crippen molar-refractivity contribution in [1.29, 1.82) is 0 Å². The zero-order valence-electron chi connectivity index (χ0n) is 10.6. The lowest BCUT2D eigenvalue weighted by molar-refractivity contribution is 0.199. The van der Waals surface area contributed by atoms with Crippen LogP contribution >= 0.6 is 23.2 Å². The number of aliphatic hydroxyl groups is 1. The van der Waals surface area contributed by atoms with Crippen LogP contribution in [0, 0.1) is 0 Å². The Kier molecular flexibility index (Phi) is 3.42. The highest BCUT2D eigenvalue weighted by Crippen LogP contribution is 2.30. The van der Waals surface area contributed by atoms with E-state index in [2.05, 4.69) is 4.98 Å². The van der Waals surface area contributed by atoms with E-state index in [9.17, 15) is 5.11 Å². The van der Waals surface area contributed by atoms with Crippen LogP contribution in [0.3, 0.4) is 0 Å². The Hall–Kier alpha value is -1.55. The van der Waals surface area contributed by atoms with Crippen LogP contribution in [0.15, 0.2) is 40.8 Å². The largest absolute Gasteiger partial charge is 0.436 e. The van der Waals surface area contributed by atoms with Crippen molar-refractivity contribution in [2.45, 2.75) is 13.0 Å². The topological polar surface area (TPSA) is 46.3 Å². The van der Waals surface area contributed by atoms with Crippen molar-refractivity contribution in [1.82, 2.24) is 4.98 Å². The lowest BCUT2D eigenvalue weighted by atomic mass is 10.1. The minimum atomic E-state index is -0.537.